The number of aromatic amines is 1. The van der Waals surface area contributed by atoms with Gasteiger partial charge in [0.15, 0.2) is 0 Å². The Morgan fingerprint density at radius 1 is 1.29 bits per heavy atom. The van der Waals surface area contributed by atoms with Crippen LogP contribution >= 0.6 is 11.6 Å². The molecular formula is C13H15ClN2O. The normalized spacial score (nSPS) is 18.9. The summed E-state index contributed by atoms with van der Waals surface area (Å²) in [6.45, 7) is 1.93. The zero-order valence-corrected chi connectivity index (χ0v) is 10.2. The number of aliphatic hydroxyl groups excluding tert-OH is 1. The van der Waals surface area contributed by atoms with E-state index in [2.05, 4.69) is 9.88 Å². The second-order valence-electron chi connectivity index (χ2n) is 4.55. The monoisotopic (exact) mass is 250 g/mol. The molecule has 0 aliphatic carbocycles. The Morgan fingerprint density at radius 2 is 2.06 bits per heavy atom. The van der Waals surface area contributed by atoms with Gasteiger partial charge in [-0.3, -0.25) is 4.90 Å². The van der Waals surface area contributed by atoms with Gasteiger partial charge in [-0.05, 0) is 25.0 Å². The fourth-order valence-electron chi connectivity index (χ4n) is 2.46. The Bertz CT molecular complexity index is 531. The van der Waals surface area contributed by atoms with E-state index in [1.165, 1.54) is 0 Å². The van der Waals surface area contributed by atoms with Crippen molar-refractivity contribution in [3.05, 3.63) is 35.0 Å². The standard InChI is InChI=1S/C13H15ClN2O/c14-10-5-3-4-9-8-11(15-12(9)10)13(17)16-6-1-2-7-16/h3-5,8,13,15,17H,1-2,6-7H2. The number of hydrogen-bond donors (Lipinski definition) is 2. The van der Waals surface area contributed by atoms with Crippen molar-refractivity contribution in [1.29, 1.82) is 0 Å². The minimum atomic E-state index is -0.541. The zero-order chi connectivity index (χ0) is 11.8. The van der Waals surface area contributed by atoms with Gasteiger partial charge >= 0.3 is 0 Å². The SMILES string of the molecule is OC(c1cc2cccc(Cl)c2[nH]1)N1CCCC1. The quantitative estimate of drug-likeness (QED) is 0.860. The highest BCUT2D eigenvalue weighted by atomic mass is 35.5. The van der Waals surface area contributed by atoms with Crippen molar-refractivity contribution >= 4 is 22.5 Å². The summed E-state index contributed by atoms with van der Waals surface area (Å²) in [6, 6.07) is 7.75. The lowest BCUT2D eigenvalue weighted by atomic mass is 10.2. The fraction of sp³-hybridized carbons (Fsp3) is 0.385. The van der Waals surface area contributed by atoms with E-state index in [1.54, 1.807) is 0 Å². The minimum Gasteiger partial charge on any atom is -0.373 e. The van der Waals surface area contributed by atoms with Crippen LogP contribution < -0.4 is 0 Å². The molecule has 2 N–H and O–H groups in total. The summed E-state index contributed by atoms with van der Waals surface area (Å²) < 4.78 is 0. The van der Waals surface area contributed by atoms with Crippen LogP contribution in [0, 0.1) is 0 Å². The van der Waals surface area contributed by atoms with E-state index in [9.17, 15) is 5.11 Å². The van der Waals surface area contributed by atoms with Gasteiger partial charge in [0.2, 0.25) is 0 Å². The third-order valence-corrected chi connectivity index (χ3v) is 3.71. The lowest BCUT2D eigenvalue weighted by molar-refractivity contribution is 0.0161. The summed E-state index contributed by atoms with van der Waals surface area (Å²) >= 11 is 6.11. The van der Waals surface area contributed by atoms with E-state index < -0.39 is 6.23 Å². The van der Waals surface area contributed by atoms with Crippen LogP contribution in [0.15, 0.2) is 24.3 Å². The number of aromatic nitrogens is 1. The van der Waals surface area contributed by atoms with Gasteiger partial charge < -0.3 is 10.1 Å². The van der Waals surface area contributed by atoms with Crippen LogP contribution in [0.1, 0.15) is 24.8 Å². The molecule has 1 aromatic carbocycles. The summed E-state index contributed by atoms with van der Waals surface area (Å²) in [5.74, 6) is 0. The van der Waals surface area contributed by atoms with Crippen molar-refractivity contribution in [2.75, 3.05) is 13.1 Å². The molecule has 1 aromatic heterocycles. The number of nitrogens with one attached hydrogen (secondary N) is 1. The molecule has 1 unspecified atom stereocenters. The van der Waals surface area contributed by atoms with Crippen LogP contribution in [0.2, 0.25) is 5.02 Å². The molecule has 2 heterocycles. The third-order valence-electron chi connectivity index (χ3n) is 3.39. The number of benzene rings is 1. The predicted octanol–water partition coefficient (Wildman–Crippen LogP) is 2.91. The molecule has 90 valence electrons. The molecule has 2 aromatic rings. The number of nitrogens with zero attached hydrogens (tertiary/aromatic N) is 1. The molecule has 0 bridgehead atoms. The first kappa shape index (κ1) is 11.1. The molecule has 0 radical (unpaired) electrons. The van der Waals surface area contributed by atoms with E-state index in [0.29, 0.717) is 5.02 Å². The summed E-state index contributed by atoms with van der Waals surface area (Å²) in [5.41, 5.74) is 1.73. The number of halogens is 1. The van der Waals surface area contributed by atoms with Crippen molar-refractivity contribution in [2.45, 2.75) is 19.1 Å². The van der Waals surface area contributed by atoms with Crippen molar-refractivity contribution in [1.82, 2.24) is 9.88 Å². The van der Waals surface area contributed by atoms with E-state index in [0.717, 1.165) is 42.5 Å². The van der Waals surface area contributed by atoms with Gasteiger partial charge in [0.1, 0.15) is 6.23 Å². The molecule has 0 amide bonds. The molecule has 3 rings (SSSR count). The molecule has 3 nitrogen and oxygen atoms in total. The lowest BCUT2D eigenvalue weighted by Crippen LogP contribution is -2.25. The van der Waals surface area contributed by atoms with Gasteiger partial charge in [0.05, 0.1) is 16.2 Å². The van der Waals surface area contributed by atoms with Gasteiger partial charge in [-0.1, -0.05) is 23.7 Å². The van der Waals surface area contributed by atoms with Crippen LogP contribution in [0.4, 0.5) is 0 Å². The first-order valence-electron chi connectivity index (χ1n) is 5.95. The second kappa shape index (κ2) is 4.33. The predicted molar refractivity (Wildman–Crippen MR) is 69.1 cm³/mol. The zero-order valence-electron chi connectivity index (χ0n) is 9.49. The molecule has 0 spiro atoms. The number of fused-ring (bicyclic) bond motifs is 1. The van der Waals surface area contributed by atoms with Gasteiger partial charge in [0, 0.05) is 18.5 Å². The largest absolute Gasteiger partial charge is 0.373 e. The smallest absolute Gasteiger partial charge is 0.148 e. The maximum atomic E-state index is 10.3. The van der Waals surface area contributed by atoms with Gasteiger partial charge in [-0.15, -0.1) is 0 Å². The minimum absolute atomic E-state index is 0.541. The number of rotatable bonds is 2. The van der Waals surface area contributed by atoms with E-state index in [-0.39, 0.29) is 0 Å². The number of para-hydroxylation sites is 1. The Balaban J connectivity index is 1.97. The van der Waals surface area contributed by atoms with Crippen molar-refractivity contribution in [2.24, 2.45) is 0 Å². The molecule has 1 aliphatic heterocycles. The molecule has 1 atom stereocenters. The third kappa shape index (κ3) is 1.95. The Kier molecular flexibility index (Phi) is 2.82. The summed E-state index contributed by atoms with van der Waals surface area (Å²) in [6.07, 6.45) is 1.79. The van der Waals surface area contributed by atoms with E-state index >= 15 is 0 Å². The molecule has 1 saturated heterocycles. The van der Waals surface area contributed by atoms with Crippen LogP contribution in [0.25, 0.3) is 10.9 Å². The maximum Gasteiger partial charge on any atom is 0.148 e. The number of hydrogen-bond acceptors (Lipinski definition) is 2. The van der Waals surface area contributed by atoms with Crippen LogP contribution in [0.5, 0.6) is 0 Å². The Morgan fingerprint density at radius 3 is 2.76 bits per heavy atom. The highest BCUT2D eigenvalue weighted by Gasteiger charge is 2.22. The van der Waals surface area contributed by atoms with Gasteiger partial charge in [-0.25, -0.2) is 0 Å². The molecule has 4 heteroatoms. The molecule has 1 fully saturated rings. The van der Waals surface area contributed by atoms with E-state index in [4.69, 9.17) is 11.6 Å². The number of likely N-dealkylation sites (tertiary alicyclic amines) is 1. The Labute approximate surface area is 105 Å². The first-order valence-corrected chi connectivity index (χ1v) is 6.33. The van der Waals surface area contributed by atoms with Crippen molar-refractivity contribution in [3.63, 3.8) is 0 Å². The lowest BCUT2D eigenvalue weighted by Gasteiger charge is -2.20. The highest BCUT2D eigenvalue weighted by Crippen LogP contribution is 2.28. The van der Waals surface area contributed by atoms with Crippen molar-refractivity contribution < 1.29 is 5.11 Å². The fourth-order valence-corrected chi connectivity index (χ4v) is 2.69. The molecular weight excluding hydrogens is 236 g/mol. The first-order chi connectivity index (χ1) is 8.25. The number of aliphatic hydroxyl groups is 1. The van der Waals surface area contributed by atoms with Crippen molar-refractivity contribution in [3.8, 4) is 0 Å². The topological polar surface area (TPSA) is 39.3 Å². The maximum absolute atomic E-state index is 10.3. The molecule has 0 saturated carbocycles. The van der Waals surface area contributed by atoms with E-state index in [1.807, 2.05) is 24.3 Å². The van der Waals surface area contributed by atoms with Crippen LogP contribution in [-0.2, 0) is 0 Å². The summed E-state index contributed by atoms with van der Waals surface area (Å²) in [7, 11) is 0. The van der Waals surface area contributed by atoms with Crippen LogP contribution in [-0.4, -0.2) is 28.1 Å². The molecule has 1 aliphatic rings. The van der Waals surface area contributed by atoms with Gasteiger partial charge in [-0.2, -0.15) is 0 Å². The second-order valence-corrected chi connectivity index (χ2v) is 4.95. The van der Waals surface area contributed by atoms with Gasteiger partial charge in [0.25, 0.3) is 0 Å². The Hall–Kier alpha value is -1.03. The average molecular weight is 251 g/mol. The summed E-state index contributed by atoms with van der Waals surface area (Å²) in [4.78, 5) is 5.30. The average Bonchev–Trinajstić information content (AvgIpc) is 2.98. The van der Waals surface area contributed by atoms with Crippen LogP contribution in [0.3, 0.4) is 0 Å². The molecule has 17 heavy (non-hydrogen) atoms. The highest BCUT2D eigenvalue weighted by molar-refractivity contribution is 6.35. The summed E-state index contributed by atoms with van der Waals surface area (Å²) in [5, 5.41) is 12.0. The number of H-pyrrole nitrogens is 1.